The standard InChI is InChI=1S/C19H35N3O2/c1-21(15-9-5-3-6-10-15)17(19(20)24)13-14-18(23)22(2)16-11-7-4-8-12-16/h15-17H,3-14H2,1-2H3,(H2,20,24). The quantitative estimate of drug-likeness (QED) is 0.776. The number of nitrogens with two attached hydrogens (primary N) is 1. The van der Waals surface area contributed by atoms with E-state index in [1.807, 2.05) is 19.0 Å². The van der Waals surface area contributed by atoms with Gasteiger partial charge in [0.25, 0.3) is 0 Å². The lowest BCUT2D eigenvalue weighted by Gasteiger charge is -2.36. The molecule has 0 saturated heterocycles. The number of primary amides is 1. The van der Waals surface area contributed by atoms with Gasteiger partial charge in [-0.25, -0.2) is 0 Å². The molecule has 0 aromatic rings. The predicted molar refractivity (Wildman–Crippen MR) is 96.5 cm³/mol. The Morgan fingerprint density at radius 3 is 1.92 bits per heavy atom. The van der Waals surface area contributed by atoms with Crippen LogP contribution >= 0.6 is 0 Å². The zero-order valence-electron chi connectivity index (χ0n) is 15.5. The second kappa shape index (κ2) is 9.40. The number of carbonyl (C=O) groups excluding carboxylic acids is 2. The number of hydrogen-bond acceptors (Lipinski definition) is 3. The number of likely N-dealkylation sites (N-methyl/N-ethyl adjacent to an activating group) is 1. The van der Waals surface area contributed by atoms with Gasteiger partial charge in [0.1, 0.15) is 0 Å². The lowest BCUT2D eigenvalue weighted by atomic mass is 9.92. The molecule has 138 valence electrons. The van der Waals surface area contributed by atoms with E-state index in [0.29, 0.717) is 24.9 Å². The maximum absolute atomic E-state index is 12.5. The Balaban J connectivity index is 1.85. The van der Waals surface area contributed by atoms with Crippen molar-refractivity contribution in [2.24, 2.45) is 5.73 Å². The smallest absolute Gasteiger partial charge is 0.234 e. The third-order valence-corrected chi connectivity index (χ3v) is 6.12. The van der Waals surface area contributed by atoms with Gasteiger partial charge in [-0.1, -0.05) is 38.5 Å². The summed E-state index contributed by atoms with van der Waals surface area (Å²) in [6, 6.07) is 0.494. The normalized spacial score (nSPS) is 21.6. The summed E-state index contributed by atoms with van der Waals surface area (Å²) in [5, 5.41) is 0. The zero-order valence-corrected chi connectivity index (χ0v) is 15.5. The summed E-state index contributed by atoms with van der Waals surface area (Å²) in [5.74, 6) is -0.138. The van der Waals surface area contributed by atoms with Crippen LogP contribution < -0.4 is 5.73 Å². The van der Waals surface area contributed by atoms with E-state index in [-0.39, 0.29) is 17.9 Å². The van der Waals surface area contributed by atoms with Crippen LogP contribution in [0.15, 0.2) is 0 Å². The number of rotatable bonds is 7. The minimum absolute atomic E-state index is 0.158. The molecular formula is C19H35N3O2. The lowest BCUT2D eigenvalue weighted by molar-refractivity contribution is -0.133. The van der Waals surface area contributed by atoms with Gasteiger partial charge in [0, 0.05) is 25.6 Å². The minimum Gasteiger partial charge on any atom is -0.368 e. The molecule has 0 spiro atoms. The van der Waals surface area contributed by atoms with E-state index in [4.69, 9.17) is 5.73 Å². The highest BCUT2D eigenvalue weighted by Crippen LogP contribution is 2.25. The summed E-state index contributed by atoms with van der Waals surface area (Å²) < 4.78 is 0. The largest absolute Gasteiger partial charge is 0.368 e. The summed E-state index contributed by atoms with van der Waals surface area (Å²) in [6.45, 7) is 0. The molecule has 2 rings (SSSR count). The van der Waals surface area contributed by atoms with Crippen molar-refractivity contribution in [2.75, 3.05) is 14.1 Å². The van der Waals surface area contributed by atoms with Crippen LogP contribution in [0.3, 0.4) is 0 Å². The molecule has 2 aliphatic carbocycles. The van der Waals surface area contributed by atoms with E-state index >= 15 is 0 Å². The topological polar surface area (TPSA) is 66.6 Å². The average molecular weight is 338 g/mol. The molecule has 0 aromatic carbocycles. The van der Waals surface area contributed by atoms with Gasteiger partial charge in [0.15, 0.2) is 0 Å². The molecule has 0 aliphatic heterocycles. The number of hydrogen-bond donors (Lipinski definition) is 1. The number of nitrogens with zero attached hydrogens (tertiary/aromatic N) is 2. The highest BCUT2D eigenvalue weighted by Gasteiger charge is 2.29. The monoisotopic (exact) mass is 337 g/mol. The third kappa shape index (κ3) is 5.20. The lowest BCUT2D eigenvalue weighted by Crippen LogP contribution is -2.49. The highest BCUT2D eigenvalue weighted by atomic mass is 16.2. The Hall–Kier alpha value is -1.10. The summed E-state index contributed by atoms with van der Waals surface area (Å²) in [4.78, 5) is 28.5. The summed E-state index contributed by atoms with van der Waals surface area (Å²) in [6.07, 6.45) is 12.9. The van der Waals surface area contributed by atoms with Crippen LogP contribution in [-0.4, -0.2) is 53.8 Å². The molecule has 0 radical (unpaired) electrons. The first-order valence-electron chi connectivity index (χ1n) is 9.77. The van der Waals surface area contributed by atoms with Crippen molar-refractivity contribution in [2.45, 2.75) is 95.2 Å². The Kier molecular flexibility index (Phi) is 7.53. The van der Waals surface area contributed by atoms with Gasteiger partial charge in [-0.15, -0.1) is 0 Å². The van der Waals surface area contributed by atoms with Gasteiger partial charge >= 0.3 is 0 Å². The van der Waals surface area contributed by atoms with Crippen molar-refractivity contribution in [3.8, 4) is 0 Å². The molecule has 5 heteroatoms. The zero-order chi connectivity index (χ0) is 17.5. The predicted octanol–water partition coefficient (Wildman–Crippen LogP) is 2.68. The van der Waals surface area contributed by atoms with Crippen LogP contribution in [-0.2, 0) is 9.59 Å². The van der Waals surface area contributed by atoms with Crippen molar-refractivity contribution in [1.82, 2.24) is 9.80 Å². The van der Waals surface area contributed by atoms with E-state index in [1.54, 1.807) is 0 Å². The van der Waals surface area contributed by atoms with Gasteiger partial charge in [-0.2, -0.15) is 0 Å². The van der Waals surface area contributed by atoms with Crippen LogP contribution in [0, 0.1) is 0 Å². The fraction of sp³-hybridized carbons (Fsp3) is 0.895. The van der Waals surface area contributed by atoms with Crippen molar-refractivity contribution in [1.29, 1.82) is 0 Å². The average Bonchev–Trinajstić information content (AvgIpc) is 2.62. The molecule has 5 nitrogen and oxygen atoms in total. The van der Waals surface area contributed by atoms with E-state index < -0.39 is 0 Å². The second-order valence-corrected chi connectivity index (χ2v) is 7.71. The van der Waals surface area contributed by atoms with E-state index in [9.17, 15) is 9.59 Å². The summed E-state index contributed by atoms with van der Waals surface area (Å²) >= 11 is 0. The Bertz CT molecular complexity index is 415. The molecule has 1 atom stereocenters. The maximum atomic E-state index is 12.5. The number of carbonyl (C=O) groups is 2. The molecule has 2 aliphatic rings. The fourth-order valence-corrected chi connectivity index (χ4v) is 4.40. The molecule has 24 heavy (non-hydrogen) atoms. The first-order chi connectivity index (χ1) is 11.5. The van der Waals surface area contributed by atoms with E-state index in [2.05, 4.69) is 4.90 Å². The minimum atomic E-state index is -0.322. The Morgan fingerprint density at radius 1 is 0.917 bits per heavy atom. The van der Waals surface area contributed by atoms with E-state index in [0.717, 1.165) is 25.7 Å². The van der Waals surface area contributed by atoms with Crippen molar-refractivity contribution >= 4 is 11.8 Å². The second-order valence-electron chi connectivity index (χ2n) is 7.71. The molecule has 1 unspecified atom stereocenters. The molecule has 2 N–H and O–H groups in total. The summed E-state index contributed by atoms with van der Waals surface area (Å²) in [7, 11) is 3.92. The van der Waals surface area contributed by atoms with Crippen LogP contribution in [0.1, 0.15) is 77.0 Å². The van der Waals surface area contributed by atoms with Crippen LogP contribution in [0.4, 0.5) is 0 Å². The van der Waals surface area contributed by atoms with Gasteiger partial charge in [0.05, 0.1) is 6.04 Å². The Morgan fingerprint density at radius 2 is 1.42 bits per heavy atom. The fourth-order valence-electron chi connectivity index (χ4n) is 4.40. The van der Waals surface area contributed by atoms with E-state index in [1.165, 1.54) is 38.5 Å². The van der Waals surface area contributed by atoms with Crippen molar-refractivity contribution < 1.29 is 9.59 Å². The third-order valence-electron chi connectivity index (χ3n) is 6.12. The van der Waals surface area contributed by atoms with Crippen molar-refractivity contribution in [3.05, 3.63) is 0 Å². The summed E-state index contributed by atoms with van der Waals surface area (Å²) in [5.41, 5.74) is 5.64. The SMILES string of the molecule is CN(C(=O)CCC(C(N)=O)N(C)C1CCCCC1)C1CCCCC1. The maximum Gasteiger partial charge on any atom is 0.234 e. The molecule has 2 fully saturated rings. The van der Waals surface area contributed by atoms with Gasteiger partial charge in [-0.05, 0) is 39.2 Å². The van der Waals surface area contributed by atoms with Gasteiger partial charge in [0.2, 0.25) is 11.8 Å². The van der Waals surface area contributed by atoms with Crippen LogP contribution in [0.2, 0.25) is 0 Å². The number of amides is 2. The molecule has 2 saturated carbocycles. The molecule has 0 bridgehead atoms. The molecule has 0 aromatic heterocycles. The van der Waals surface area contributed by atoms with Gasteiger partial charge in [-0.3, -0.25) is 14.5 Å². The molecule has 0 heterocycles. The first-order valence-corrected chi connectivity index (χ1v) is 9.77. The van der Waals surface area contributed by atoms with Crippen molar-refractivity contribution in [3.63, 3.8) is 0 Å². The first kappa shape index (κ1) is 19.2. The molecular weight excluding hydrogens is 302 g/mol. The Labute approximate surface area is 146 Å². The van der Waals surface area contributed by atoms with Gasteiger partial charge < -0.3 is 10.6 Å². The highest BCUT2D eigenvalue weighted by molar-refractivity contribution is 5.81. The molecule has 2 amide bonds. The van der Waals surface area contributed by atoms with Crippen LogP contribution in [0.25, 0.3) is 0 Å². The van der Waals surface area contributed by atoms with Crippen LogP contribution in [0.5, 0.6) is 0 Å².